The number of carbonyl (C=O) groups excluding carboxylic acids is 1. The van der Waals surface area contributed by atoms with Gasteiger partial charge in [-0.05, 0) is 26.0 Å². The molecule has 0 aliphatic heterocycles. The van der Waals surface area contributed by atoms with Gasteiger partial charge in [0.2, 0.25) is 5.95 Å². The SMILES string of the molecule is CC(C)N(C)c1nc(N)ncc1N=C(C=O)c1ccc(NSCCC(F)(F)F)c(F)c1. The van der Waals surface area contributed by atoms with Crippen LogP contribution < -0.4 is 15.4 Å². The molecule has 3 N–H and O–H groups in total. The second-order valence-electron chi connectivity index (χ2n) is 6.77. The molecule has 0 saturated heterocycles. The number of rotatable bonds is 9. The van der Waals surface area contributed by atoms with E-state index < -0.39 is 18.4 Å². The number of benzene rings is 1. The molecule has 1 aromatic carbocycles. The first-order valence-electron chi connectivity index (χ1n) is 9.15. The van der Waals surface area contributed by atoms with E-state index in [0.29, 0.717) is 12.1 Å². The summed E-state index contributed by atoms with van der Waals surface area (Å²) in [6, 6.07) is 3.89. The van der Waals surface area contributed by atoms with Crippen molar-refractivity contribution >= 4 is 47.1 Å². The highest BCUT2D eigenvalue weighted by Crippen LogP contribution is 2.28. The molecule has 2 aromatic rings. The van der Waals surface area contributed by atoms with Crippen LogP contribution in [0.3, 0.4) is 0 Å². The van der Waals surface area contributed by atoms with Crippen LogP contribution in [0.5, 0.6) is 0 Å². The molecule has 0 saturated carbocycles. The number of halogens is 4. The van der Waals surface area contributed by atoms with Crippen LogP contribution in [0.25, 0.3) is 0 Å². The van der Waals surface area contributed by atoms with Crippen LogP contribution in [-0.2, 0) is 4.79 Å². The lowest BCUT2D eigenvalue weighted by Crippen LogP contribution is -2.27. The maximum Gasteiger partial charge on any atom is 0.389 e. The molecule has 0 bridgehead atoms. The summed E-state index contributed by atoms with van der Waals surface area (Å²) in [6.07, 6.45) is -3.44. The van der Waals surface area contributed by atoms with Crippen molar-refractivity contribution in [1.82, 2.24) is 9.97 Å². The summed E-state index contributed by atoms with van der Waals surface area (Å²) >= 11 is 0.736. The summed E-state index contributed by atoms with van der Waals surface area (Å²) in [4.78, 5) is 25.8. The van der Waals surface area contributed by atoms with E-state index in [1.165, 1.54) is 18.3 Å². The molecule has 0 spiro atoms. The lowest BCUT2D eigenvalue weighted by atomic mass is 10.1. The number of hydrogen-bond donors (Lipinski definition) is 2. The molecule has 0 aliphatic rings. The van der Waals surface area contributed by atoms with E-state index in [1.54, 1.807) is 11.9 Å². The van der Waals surface area contributed by atoms with Gasteiger partial charge >= 0.3 is 6.18 Å². The minimum Gasteiger partial charge on any atom is -0.368 e. The van der Waals surface area contributed by atoms with Gasteiger partial charge in [0.15, 0.2) is 12.1 Å². The van der Waals surface area contributed by atoms with Crippen molar-refractivity contribution in [2.75, 3.05) is 28.2 Å². The zero-order chi connectivity index (χ0) is 23.2. The average molecular weight is 458 g/mol. The van der Waals surface area contributed by atoms with Crippen molar-refractivity contribution in [1.29, 1.82) is 0 Å². The highest BCUT2D eigenvalue weighted by molar-refractivity contribution is 8.00. The Balaban J connectivity index is 2.26. The maximum absolute atomic E-state index is 14.4. The number of alkyl halides is 3. The molecule has 1 heterocycles. The summed E-state index contributed by atoms with van der Waals surface area (Å²) < 4.78 is 53.5. The van der Waals surface area contributed by atoms with Gasteiger partial charge in [-0.2, -0.15) is 18.2 Å². The van der Waals surface area contributed by atoms with Gasteiger partial charge in [0.05, 0.1) is 18.3 Å². The van der Waals surface area contributed by atoms with Crippen LogP contribution in [0.2, 0.25) is 0 Å². The van der Waals surface area contributed by atoms with E-state index in [-0.39, 0.29) is 40.4 Å². The van der Waals surface area contributed by atoms with E-state index in [0.717, 1.165) is 18.0 Å². The average Bonchev–Trinajstić information content (AvgIpc) is 2.69. The van der Waals surface area contributed by atoms with Gasteiger partial charge < -0.3 is 15.4 Å². The molecular formula is C19H22F4N6OS. The molecule has 0 atom stereocenters. The molecule has 0 amide bonds. The molecule has 12 heteroatoms. The van der Waals surface area contributed by atoms with Crippen molar-refractivity contribution < 1.29 is 22.4 Å². The Hall–Kier alpha value is -2.89. The number of aldehydes is 1. The van der Waals surface area contributed by atoms with E-state index in [9.17, 15) is 22.4 Å². The Morgan fingerprint density at radius 3 is 2.68 bits per heavy atom. The topological polar surface area (TPSA) is 96.5 Å². The second-order valence-corrected chi connectivity index (χ2v) is 7.67. The van der Waals surface area contributed by atoms with Gasteiger partial charge in [0.1, 0.15) is 17.2 Å². The number of anilines is 3. The molecule has 0 fully saturated rings. The van der Waals surface area contributed by atoms with Crippen LogP contribution in [0.1, 0.15) is 25.8 Å². The quantitative estimate of drug-likeness (QED) is 0.189. The standard InChI is InChI=1S/C19H22F4N6OS/c1-11(2)29(3)17-15(9-25-18(24)27-17)26-16(10-30)12-4-5-14(13(20)8-12)28-31-7-6-19(21,22)23/h4-5,8-11,28H,6-7H2,1-3H3,(H2,24,25,27). The first-order chi connectivity index (χ1) is 14.5. The number of hydrogen-bond acceptors (Lipinski definition) is 8. The van der Waals surface area contributed by atoms with Crippen LogP contribution in [-0.4, -0.2) is 47.0 Å². The number of nitrogen functional groups attached to an aromatic ring is 1. The Kier molecular flexibility index (Phi) is 8.20. The largest absolute Gasteiger partial charge is 0.389 e. The van der Waals surface area contributed by atoms with E-state index >= 15 is 0 Å². The van der Waals surface area contributed by atoms with Crippen LogP contribution in [0.15, 0.2) is 29.4 Å². The zero-order valence-electron chi connectivity index (χ0n) is 17.1. The fourth-order valence-electron chi connectivity index (χ4n) is 2.30. The van der Waals surface area contributed by atoms with Gasteiger partial charge in [-0.25, -0.2) is 14.4 Å². The summed E-state index contributed by atoms with van der Waals surface area (Å²) in [6.45, 7) is 3.86. The highest BCUT2D eigenvalue weighted by Gasteiger charge is 2.26. The Labute approximate surface area is 181 Å². The fraction of sp³-hybridized carbons (Fsp3) is 0.368. The molecular weight excluding hydrogens is 436 g/mol. The van der Waals surface area contributed by atoms with Crippen molar-refractivity contribution in [2.45, 2.75) is 32.5 Å². The summed E-state index contributed by atoms with van der Waals surface area (Å²) in [5, 5.41) is 0. The lowest BCUT2D eigenvalue weighted by molar-refractivity contribution is -0.129. The Morgan fingerprint density at radius 1 is 1.39 bits per heavy atom. The smallest absolute Gasteiger partial charge is 0.368 e. The number of carbonyl (C=O) groups is 1. The van der Waals surface area contributed by atoms with Crippen molar-refractivity contribution in [3.05, 3.63) is 35.8 Å². The van der Waals surface area contributed by atoms with E-state index in [2.05, 4.69) is 19.7 Å². The van der Waals surface area contributed by atoms with Gasteiger partial charge in [-0.15, -0.1) is 0 Å². The third-order valence-corrected chi connectivity index (χ3v) is 4.94. The number of nitrogens with two attached hydrogens (primary N) is 1. The summed E-state index contributed by atoms with van der Waals surface area (Å²) in [7, 11) is 1.78. The van der Waals surface area contributed by atoms with Crippen LogP contribution >= 0.6 is 11.9 Å². The van der Waals surface area contributed by atoms with Gasteiger partial charge in [0.25, 0.3) is 0 Å². The van der Waals surface area contributed by atoms with Gasteiger partial charge in [0, 0.05) is 24.4 Å². The third kappa shape index (κ3) is 7.09. The number of nitrogens with one attached hydrogen (secondary N) is 1. The zero-order valence-corrected chi connectivity index (χ0v) is 17.9. The molecule has 0 aliphatic carbocycles. The first-order valence-corrected chi connectivity index (χ1v) is 10.1. The second kappa shape index (κ2) is 10.4. The maximum atomic E-state index is 14.4. The molecule has 0 radical (unpaired) electrons. The van der Waals surface area contributed by atoms with Gasteiger partial charge in [-0.1, -0.05) is 18.0 Å². The molecule has 31 heavy (non-hydrogen) atoms. The van der Waals surface area contributed by atoms with Crippen LogP contribution in [0.4, 0.5) is 40.7 Å². The highest BCUT2D eigenvalue weighted by atomic mass is 32.2. The predicted molar refractivity (Wildman–Crippen MR) is 115 cm³/mol. The first kappa shape index (κ1) is 24.4. The van der Waals surface area contributed by atoms with E-state index in [4.69, 9.17) is 5.73 Å². The van der Waals surface area contributed by atoms with Crippen LogP contribution in [0, 0.1) is 5.82 Å². The Morgan fingerprint density at radius 2 is 2.10 bits per heavy atom. The monoisotopic (exact) mass is 458 g/mol. The molecule has 168 valence electrons. The minimum absolute atomic E-state index is 0.00257. The Bertz CT molecular complexity index is 951. The van der Waals surface area contributed by atoms with Crippen molar-refractivity contribution in [3.8, 4) is 0 Å². The van der Waals surface area contributed by atoms with Gasteiger partial charge in [-0.3, -0.25) is 4.79 Å². The molecule has 0 unspecified atom stereocenters. The summed E-state index contributed by atoms with van der Waals surface area (Å²) in [5.74, 6) is -0.561. The van der Waals surface area contributed by atoms with Crippen molar-refractivity contribution in [3.63, 3.8) is 0 Å². The lowest BCUT2D eigenvalue weighted by Gasteiger charge is -2.23. The molecule has 1 aromatic heterocycles. The fourth-order valence-corrected chi connectivity index (χ4v) is 3.06. The normalized spacial score (nSPS) is 12.2. The number of aliphatic imine (C=N–C) groups is 1. The van der Waals surface area contributed by atoms with E-state index in [1.807, 2.05) is 13.8 Å². The minimum atomic E-state index is -4.28. The molecule has 7 nitrogen and oxygen atoms in total. The third-order valence-electron chi connectivity index (χ3n) is 4.16. The predicted octanol–water partition coefficient (Wildman–Crippen LogP) is 4.37. The number of aromatic nitrogens is 2. The van der Waals surface area contributed by atoms with Crippen molar-refractivity contribution in [2.24, 2.45) is 4.99 Å². The number of nitrogens with zero attached hydrogens (tertiary/aromatic N) is 4. The summed E-state index contributed by atoms with van der Waals surface area (Å²) in [5.41, 5.74) is 6.06. The molecule has 2 rings (SSSR count).